The molecule has 0 fully saturated rings. The molecule has 164 valence electrons. The van der Waals surface area contributed by atoms with Crippen molar-refractivity contribution in [3.8, 4) is 16.9 Å². The van der Waals surface area contributed by atoms with E-state index in [0.29, 0.717) is 17.0 Å². The van der Waals surface area contributed by atoms with Gasteiger partial charge in [0.15, 0.2) is 0 Å². The van der Waals surface area contributed by atoms with E-state index in [1.807, 2.05) is 67.7 Å². The number of aromatic nitrogens is 2. The van der Waals surface area contributed by atoms with Gasteiger partial charge < -0.3 is 15.0 Å². The monoisotopic (exact) mass is 430 g/mol. The second-order valence-electron chi connectivity index (χ2n) is 7.74. The summed E-state index contributed by atoms with van der Waals surface area (Å²) >= 11 is 0. The number of hydrogen-bond donors (Lipinski definition) is 1. The number of carbonyl (C=O) groups excluding carboxylic acids is 2. The smallest absolute Gasteiger partial charge is 0.338 e. The molecule has 0 saturated carbocycles. The van der Waals surface area contributed by atoms with Crippen LogP contribution in [-0.2, 0) is 9.53 Å². The zero-order valence-corrected chi connectivity index (χ0v) is 18.6. The number of esters is 1. The number of nitrogens with one attached hydrogen (secondary N) is 1. The molecule has 0 unspecified atom stereocenters. The molecular formula is C25H26N4O3. The second-order valence-corrected chi connectivity index (χ2v) is 7.74. The number of nitrogens with zero attached hydrogens (tertiary/aromatic N) is 3. The van der Waals surface area contributed by atoms with Crippen molar-refractivity contribution in [1.82, 2.24) is 20.0 Å². The van der Waals surface area contributed by atoms with Crippen LogP contribution < -0.4 is 5.32 Å². The first-order valence-electron chi connectivity index (χ1n) is 10.5. The van der Waals surface area contributed by atoms with E-state index in [2.05, 4.69) is 5.32 Å². The van der Waals surface area contributed by atoms with Gasteiger partial charge in [-0.25, -0.2) is 14.3 Å². The van der Waals surface area contributed by atoms with Crippen molar-refractivity contribution < 1.29 is 14.3 Å². The van der Waals surface area contributed by atoms with Crippen LogP contribution in [-0.4, -0.2) is 40.3 Å². The minimum Gasteiger partial charge on any atom is -0.463 e. The number of ether oxygens (including phenoxy) is 1. The first-order chi connectivity index (χ1) is 15.4. The van der Waals surface area contributed by atoms with Gasteiger partial charge in [0.05, 0.1) is 29.6 Å². The third kappa shape index (κ3) is 3.89. The van der Waals surface area contributed by atoms with E-state index in [9.17, 15) is 9.59 Å². The van der Waals surface area contributed by atoms with Crippen LogP contribution in [0.25, 0.3) is 16.9 Å². The van der Waals surface area contributed by atoms with E-state index in [1.165, 1.54) is 4.90 Å². The summed E-state index contributed by atoms with van der Waals surface area (Å²) in [6.07, 6.45) is 1.87. The average Bonchev–Trinajstić information content (AvgIpc) is 3.24. The van der Waals surface area contributed by atoms with Crippen LogP contribution >= 0.6 is 0 Å². The Morgan fingerprint density at radius 3 is 2.44 bits per heavy atom. The van der Waals surface area contributed by atoms with Crippen molar-refractivity contribution in [2.24, 2.45) is 0 Å². The summed E-state index contributed by atoms with van der Waals surface area (Å²) in [5.74, 6) is -0.454. The molecule has 32 heavy (non-hydrogen) atoms. The zero-order chi connectivity index (χ0) is 22.8. The van der Waals surface area contributed by atoms with Crippen molar-refractivity contribution in [3.05, 3.63) is 83.2 Å². The van der Waals surface area contributed by atoms with Gasteiger partial charge in [-0.05, 0) is 32.9 Å². The lowest BCUT2D eigenvalue weighted by Gasteiger charge is -2.33. The van der Waals surface area contributed by atoms with Crippen LogP contribution in [0.1, 0.15) is 31.0 Å². The third-order valence-corrected chi connectivity index (χ3v) is 5.65. The molecule has 0 aliphatic carbocycles. The Kier molecular flexibility index (Phi) is 5.81. The van der Waals surface area contributed by atoms with Crippen molar-refractivity contribution in [1.29, 1.82) is 0 Å². The summed E-state index contributed by atoms with van der Waals surface area (Å²) in [6.45, 7) is 5.79. The number of allylic oxidation sites excluding steroid dienone is 1. The van der Waals surface area contributed by atoms with Gasteiger partial charge in [-0.15, -0.1) is 0 Å². The standard InChI is InChI=1S/C25H26N4O3/c1-5-32-24(30)21-17(3)28(4)25(31)26-23(21)20-15-29(19-9-7-6-8-10-19)27-22(20)18-13-11-16(2)12-14-18/h6-15,23H,5H2,1-4H3,(H,26,31)/t23-/m0/s1. The fourth-order valence-electron chi connectivity index (χ4n) is 3.79. The van der Waals surface area contributed by atoms with E-state index in [0.717, 1.165) is 22.4 Å². The van der Waals surface area contributed by atoms with Gasteiger partial charge in [-0.3, -0.25) is 0 Å². The summed E-state index contributed by atoms with van der Waals surface area (Å²) in [5, 5.41) is 7.81. The number of hydrogen-bond acceptors (Lipinski definition) is 4. The molecule has 2 heterocycles. The van der Waals surface area contributed by atoms with Crippen molar-refractivity contribution in [2.75, 3.05) is 13.7 Å². The molecule has 1 aliphatic heterocycles. The largest absolute Gasteiger partial charge is 0.463 e. The molecule has 1 atom stereocenters. The molecule has 1 aromatic heterocycles. The van der Waals surface area contributed by atoms with E-state index in [4.69, 9.17) is 9.84 Å². The zero-order valence-electron chi connectivity index (χ0n) is 18.6. The van der Waals surface area contributed by atoms with E-state index in [1.54, 1.807) is 25.6 Å². The maximum absolute atomic E-state index is 12.9. The Morgan fingerprint density at radius 1 is 1.09 bits per heavy atom. The molecule has 0 spiro atoms. The summed E-state index contributed by atoms with van der Waals surface area (Å²) in [4.78, 5) is 27.0. The number of benzene rings is 2. The Balaban J connectivity index is 1.92. The minimum atomic E-state index is -0.688. The molecule has 4 rings (SSSR count). The predicted octanol–water partition coefficient (Wildman–Crippen LogP) is 4.38. The summed E-state index contributed by atoms with van der Waals surface area (Å²) in [6, 6.07) is 16.8. The van der Waals surface area contributed by atoms with Gasteiger partial charge in [0.1, 0.15) is 0 Å². The fourth-order valence-corrected chi connectivity index (χ4v) is 3.79. The SMILES string of the molecule is CCOC(=O)C1=C(C)N(C)C(=O)N[C@H]1c1cn(-c2ccccc2)nc1-c1ccc(C)cc1. The minimum absolute atomic E-state index is 0.244. The number of aryl methyl sites for hydroxylation is 1. The Morgan fingerprint density at radius 2 is 1.78 bits per heavy atom. The lowest BCUT2D eigenvalue weighted by molar-refractivity contribution is -0.139. The summed E-state index contributed by atoms with van der Waals surface area (Å²) in [5.41, 5.74) is 5.28. The highest BCUT2D eigenvalue weighted by atomic mass is 16.5. The molecule has 3 aromatic rings. The lowest BCUT2D eigenvalue weighted by Crippen LogP contribution is -2.46. The van der Waals surface area contributed by atoms with Crippen LogP contribution in [0.5, 0.6) is 0 Å². The van der Waals surface area contributed by atoms with Gasteiger partial charge in [0.25, 0.3) is 0 Å². The van der Waals surface area contributed by atoms with E-state index in [-0.39, 0.29) is 12.6 Å². The van der Waals surface area contributed by atoms with Gasteiger partial charge >= 0.3 is 12.0 Å². The molecule has 7 heteroatoms. The van der Waals surface area contributed by atoms with Crippen LogP contribution in [0, 0.1) is 6.92 Å². The molecular weight excluding hydrogens is 404 g/mol. The predicted molar refractivity (Wildman–Crippen MR) is 122 cm³/mol. The van der Waals surface area contributed by atoms with Gasteiger partial charge in [0, 0.05) is 30.1 Å². The van der Waals surface area contributed by atoms with Crippen LogP contribution in [0.4, 0.5) is 4.79 Å². The molecule has 0 bridgehead atoms. The first-order valence-corrected chi connectivity index (χ1v) is 10.5. The highest BCUT2D eigenvalue weighted by molar-refractivity contribution is 5.95. The number of para-hydroxylation sites is 1. The summed E-state index contributed by atoms with van der Waals surface area (Å²) < 4.78 is 7.11. The van der Waals surface area contributed by atoms with Crippen LogP contribution in [0.2, 0.25) is 0 Å². The maximum atomic E-state index is 12.9. The molecule has 0 radical (unpaired) electrons. The Labute approximate surface area is 187 Å². The normalized spacial score (nSPS) is 16.2. The molecule has 1 aliphatic rings. The van der Waals surface area contributed by atoms with Gasteiger partial charge in [-0.1, -0.05) is 48.0 Å². The van der Waals surface area contributed by atoms with Crippen LogP contribution in [0.3, 0.4) is 0 Å². The molecule has 2 aromatic carbocycles. The van der Waals surface area contributed by atoms with Crippen molar-refractivity contribution in [3.63, 3.8) is 0 Å². The Bertz CT molecular complexity index is 1180. The van der Waals surface area contributed by atoms with Crippen LogP contribution in [0.15, 0.2) is 72.1 Å². The lowest BCUT2D eigenvalue weighted by atomic mass is 9.93. The topological polar surface area (TPSA) is 76.5 Å². The quantitative estimate of drug-likeness (QED) is 0.610. The van der Waals surface area contributed by atoms with E-state index >= 15 is 0 Å². The van der Waals surface area contributed by atoms with Crippen molar-refractivity contribution >= 4 is 12.0 Å². The molecule has 2 amide bonds. The second kappa shape index (κ2) is 8.70. The summed E-state index contributed by atoms with van der Waals surface area (Å²) in [7, 11) is 1.63. The number of amides is 2. The van der Waals surface area contributed by atoms with Gasteiger partial charge in [0.2, 0.25) is 0 Å². The highest BCUT2D eigenvalue weighted by Crippen LogP contribution is 2.36. The van der Waals surface area contributed by atoms with Crippen molar-refractivity contribution in [2.45, 2.75) is 26.8 Å². The number of urea groups is 1. The Hall–Kier alpha value is -3.87. The number of carbonyl (C=O) groups is 2. The first kappa shape index (κ1) is 21.4. The number of rotatable bonds is 5. The highest BCUT2D eigenvalue weighted by Gasteiger charge is 2.37. The third-order valence-electron chi connectivity index (χ3n) is 5.65. The fraction of sp³-hybridized carbons (Fsp3) is 0.240. The average molecular weight is 431 g/mol. The molecule has 0 saturated heterocycles. The van der Waals surface area contributed by atoms with Gasteiger partial charge in [-0.2, -0.15) is 5.10 Å². The van der Waals surface area contributed by atoms with E-state index < -0.39 is 12.0 Å². The molecule has 7 nitrogen and oxygen atoms in total. The maximum Gasteiger partial charge on any atom is 0.338 e. The molecule has 1 N–H and O–H groups in total.